The zero-order valence-electron chi connectivity index (χ0n) is 13.3. The molecule has 2 rings (SSSR count). The van der Waals surface area contributed by atoms with Crippen molar-refractivity contribution in [3.05, 3.63) is 29.8 Å². The van der Waals surface area contributed by atoms with Crippen molar-refractivity contribution < 1.29 is 9.53 Å². The van der Waals surface area contributed by atoms with Crippen molar-refractivity contribution in [1.29, 1.82) is 0 Å². The van der Waals surface area contributed by atoms with Gasteiger partial charge in [0.25, 0.3) is 0 Å². The first-order valence-corrected chi connectivity index (χ1v) is 7.70. The van der Waals surface area contributed by atoms with Crippen molar-refractivity contribution in [2.24, 2.45) is 5.92 Å². The molecule has 1 fully saturated rings. The molecule has 0 spiro atoms. The van der Waals surface area contributed by atoms with Crippen LogP contribution < -0.4 is 10.1 Å². The highest BCUT2D eigenvalue weighted by molar-refractivity contribution is 5.78. The second-order valence-corrected chi connectivity index (χ2v) is 5.95. The molecule has 116 valence electrons. The summed E-state index contributed by atoms with van der Waals surface area (Å²) in [4.78, 5) is 14.3. The van der Waals surface area contributed by atoms with Crippen LogP contribution in [0.4, 0.5) is 0 Å². The van der Waals surface area contributed by atoms with Crippen LogP contribution in [-0.4, -0.2) is 38.6 Å². The highest BCUT2D eigenvalue weighted by Crippen LogP contribution is 2.28. The number of carbonyl (C=O) groups is 1. The molecule has 1 aliphatic rings. The lowest BCUT2D eigenvalue weighted by Gasteiger charge is -2.27. The van der Waals surface area contributed by atoms with E-state index in [2.05, 4.69) is 16.3 Å². The molecule has 21 heavy (non-hydrogen) atoms. The van der Waals surface area contributed by atoms with E-state index in [-0.39, 0.29) is 17.9 Å². The molecule has 0 bridgehead atoms. The predicted octanol–water partition coefficient (Wildman–Crippen LogP) is 2.60. The van der Waals surface area contributed by atoms with Crippen LogP contribution in [0.3, 0.4) is 0 Å². The van der Waals surface area contributed by atoms with Gasteiger partial charge in [-0.1, -0.05) is 31.0 Å². The third-order valence-corrected chi connectivity index (χ3v) is 4.32. The van der Waals surface area contributed by atoms with E-state index in [0.29, 0.717) is 6.54 Å². The van der Waals surface area contributed by atoms with E-state index in [1.165, 1.54) is 12.8 Å². The average Bonchev–Trinajstić information content (AvgIpc) is 3.01. The van der Waals surface area contributed by atoms with Gasteiger partial charge in [-0.2, -0.15) is 0 Å². The molecule has 0 aromatic heterocycles. The molecule has 1 saturated carbocycles. The van der Waals surface area contributed by atoms with Crippen molar-refractivity contribution in [3.63, 3.8) is 0 Å². The van der Waals surface area contributed by atoms with Crippen LogP contribution in [0.15, 0.2) is 24.3 Å². The Bertz CT molecular complexity index is 468. The van der Waals surface area contributed by atoms with Crippen LogP contribution in [0.5, 0.6) is 5.75 Å². The highest BCUT2D eigenvalue weighted by atomic mass is 16.5. The van der Waals surface area contributed by atoms with Gasteiger partial charge in [-0.15, -0.1) is 0 Å². The van der Waals surface area contributed by atoms with Gasteiger partial charge in [0.2, 0.25) is 5.91 Å². The number of nitrogens with zero attached hydrogens (tertiary/aromatic N) is 1. The molecular formula is C17H26N2O2. The Morgan fingerprint density at radius 2 is 2.00 bits per heavy atom. The lowest BCUT2D eigenvalue weighted by atomic mass is 10.0. The lowest BCUT2D eigenvalue weighted by molar-refractivity contribution is -0.125. The van der Waals surface area contributed by atoms with Gasteiger partial charge in [-0.05, 0) is 33.0 Å². The Labute approximate surface area is 127 Å². The topological polar surface area (TPSA) is 41.6 Å². The number of methoxy groups -OCH3 is 1. The number of para-hydroxylation sites is 1. The van der Waals surface area contributed by atoms with Crippen molar-refractivity contribution in [2.45, 2.75) is 31.7 Å². The number of benzene rings is 1. The van der Waals surface area contributed by atoms with Gasteiger partial charge in [0.15, 0.2) is 0 Å². The summed E-state index contributed by atoms with van der Waals surface area (Å²) >= 11 is 0. The van der Waals surface area contributed by atoms with Crippen LogP contribution in [0.2, 0.25) is 0 Å². The fraction of sp³-hybridized carbons (Fsp3) is 0.588. The van der Waals surface area contributed by atoms with E-state index in [0.717, 1.165) is 24.2 Å². The molecule has 0 saturated heterocycles. The third kappa shape index (κ3) is 3.97. The Balaban J connectivity index is 2.03. The summed E-state index contributed by atoms with van der Waals surface area (Å²) in [6.07, 6.45) is 4.43. The average molecular weight is 290 g/mol. The molecule has 1 aromatic rings. The summed E-state index contributed by atoms with van der Waals surface area (Å²) in [5.74, 6) is 1.28. The van der Waals surface area contributed by atoms with Gasteiger partial charge in [0.1, 0.15) is 5.75 Å². The van der Waals surface area contributed by atoms with E-state index in [1.54, 1.807) is 7.11 Å². The summed E-state index contributed by atoms with van der Waals surface area (Å²) in [5.41, 5.74) is 1.11. The van der Waals surface area contributed by atoms with Crippen LogP contribution >= 0.6 is 0 Å². The Hall–Kier alpha value is -1.55. The Morgan fingerprint density at radius 1 is 1.33 bits per heavy atom. The highest BCUT2D eigenvalue weighted by Gasteiger charge is 2.24. The molecule has 1 aliphatic carbocycles. The number of likely N-dealkylation sites (N-methyl/N-ethyl adjacent to an activating group) is 1. The van der Waals surface area contributed by atoms with E-state index >= 15 is 0 Å². The first-order chi connectivity index (χ1) is 10.1. The number of hydrogen-bond acceptors (Lipinski definition) is 3. The first kappa shape index (κ1) is 15.8. The second-order valence-electron chi connectivity index (χ2n) is 5.95. The van der Waals surface area contributed by atoms with Crippen molar-refractivity contribution in [1.82, 2.24) is 10.2 Å². The molecule has 1 amide bonds. The van der Waals surface area contributed by atoms with Crippen LogP contribution in [-0.2, 0) is 4.79 Å². The maximum absolute atomic E-state index is 12.2. The number of rotatable bonds is 6. The van der Waals surface area contributed by atoms with E-state index in [4.69, 9.17) is 4.74 Å². The monoisotopic (exact) mass is 290 g/mol. The number of nitrogens with one attached hydrogen (secondary N) is 1. The maximum atomic E-state index is 12.2. The molecule has 1 N–H and O–H groups in total. The smallest absolute Gasteiger partial charge is 0.223 e. The number of amides is 1. The third-order valence-electron chi connectivity index (χ3n) is 4.32. The van der Waals surface area contributed by atoms with Gasteiger partial charge < -0.3 is 15.0 Å². The van der Waals surface area contributed by atoms with E-state index in [1.807, 2.05) is 32.3 Å². The predicted molar refractivity (Wildman–Crippen MR) is 84.4 cm³/mol. The quantitative estimate of drug-likeness (QED) is 0.875. The summed E-state index contributed by atoms with van der Waals surface area (Å²) in [7, 11) is 5.74. The fourth-order valence-corrected chi connectivity index (χ4v) is 3.04. The lowest BCUT2D eigenvalue weighted by Crippen LogP contribution is -2.37. The molecule has 1 unspecified atom stereocenters. The number of ether oxygens (including phenoxy) is 1. The normalized spacial score (nSPS) is 17.0. The minimum atomic E-state index is 0.117. The summed E-state index contributed by atoms with van der Waals surface area (Å²) in [6, 6.07) is 8.11. The SMILES string of the molecule is COc1ccccc1C(CNC(=O)C1CCCC1)N(C)C. The largest absolute Gasteiger partial charge is 0.496 e. The fourth-order valence-electron chi connectivity index (χ4n) is 3.04. The minimum Gasteiger partial charge on any atom is -0.496 e. The Kier molecular flexibility index (Phi) is 5.62. The molecule has 1 atom stereocenters. The molecule has 4 nitrogen and oxygen atoms in total. The van der Waals surface area contributed by atoms with Crippen LogP contribution in [0.1, 0.15) is 37.3 Å². The van der Waals surface area contributed by atoms with Gasteiger partial charge in [-0.25, -0.2) is 0 Å². The first-order valence-electron chi connectivity index (χ1n) is 7.70. The molecule has 0 heterocycles. The zero-order chi connectivity index (χ0) is 15.2. The zero-order valence-corrected chi connectivity index (χ0v) is 13.3. The van der Waals surface area contributed by atoms with Crippen molar-refractivity contribution in [2.75, 3.05) is 27.7 Å². The van der Waals surface area contributed by atoms with E-state index < -0.39 is 0 Å². The molecular weight excluding hydrogens is 264 g/mol. The molecule has 4 heteroatoms. The summed E-state index contributed by atoms with van der Waals surface area (Å²) in [6.45, 7) is 0.614. The molecule has 1 aromatic carbocycles. The number of carbonyl (C=O) groups excluding carboxylic acids is 1. The second kappa shape index (κ2) is 7.46. The Morgan fingerprint density at radius 3 is 2.62 bits per heavy atom. The van der Waals surface area contributed by atoms with Crippen LogP contribution in [0, 0.1) is 5.92 Å². The van der Waals surface area contributed by atoms with Crippen molar-refractivity contribution in [3.8, 4) is 5.75 Å². The standard InChI is InChI=1S/C17H26N2O2/c1-19(2)15(14-10-6-7-11-16(14)21-3)12-18-17(20)13-8-4-5-9-13/h6-7,10-11,13,15H,4-5,8-9,12H2,1-3H3,(H,18,20). The molecule has 0 radical (unpaired) electrons. The minimum absolute atomic E-state index is 0.117. The molecule has 0 aliphatic heterocycles. The maximum Gasteiger partial charge on any atom is 0.223 e. The van der Waals surface area contributed by atoms with Gasteiger partial charge in [-0.3, -0.25) is 4.79 Å². The summed E-state index contributed by atoms with van der Waals surface area (Å²) in [5, 5.41) is 3.12. The van der Waals surface area contributed by atoms with Gasteiger partial charge in [0.05, 0.1) is 13.2 Å². The van der Waals surface area contributed by atoms with Crippen molar-refractivity contribution >= 4 is 5.91 Å². The van der Waals surface area contributed by atoms with Crippen LogP contribution in [0.25, 0.3) is 0 Å². The van der Waals surface area contributed by atoms with Gasteiger partial charge >= 0.3 is 0 Å². The summed E-state index contributed by atoms with van der Waals surface area (Å²) < 4.78 is 5.44. The van der Waals surface area contributed by atoms with Gasteiger partial charge in [0, 0.05) is 18.0 Å². The van der Waals surface area contributed by atoms with E-state index in [9.17, 15) is 4.79 Å². The number of hydrogen-bond donors (Lipinski definition) is 1.